The van der Waals surface area contributed by atoms with Crippen molar-refractivity contribution in [2.45, 2.75) is 0 Å². The molecule has 3 rings (SSSR count). The lowest BCUT2D eigenvalue weighted by molar-refractivity contribution is 0.0694. The Bertz CT molecular complexity index is 1020. The fourth-order valence-corrected chi connectivity index (χ4v) is 2.67. The maximum Gasteiger partial charge on any atom is 0.343 e. The highest BCUT2D eigenvalue weighted by Gasteiger charge is 2.08. The number of rotatable bonds is 6. The zero-order valence-electron chi connectivity index (χ0n) is 14.5. The summed E-state index contributed by atoms with van der Waals surface area (Å²) in [5.74, 6) is -0.982. The van der Waals surface area contributed by atoms with Gasteiger partial charge < -0.3 is 9.84 Å². The van der Waals surface area contributed by atoms with E-state index in [1.54, 1.807) is 60.8 Å². The molecule has 6 nitrogen and oxygen atoms in total. The molecule has 0 aliphatic heterocycles. The van der Waals surface area contributed by atoms with Gasteiger partial charge in [0, 0.05) is 4.47 Å². The first-order chi connectivity index (χ1) is 13.5. The topological polar surface area (TPSA) is 88.0 Å². The minimum Gasteiger partial charge on any atom is -0.478 e. The number of carbonyl (C=O) groups is 2. The van der Waals surface area contributed by atoms with Gasteiger partial charge >= 0.3 is 11.9 Å². The first-order valence-corrected chi connectivity index (χ1v) is 9.01. The van der Waals surface area contributed by atoms with Gasteiger partial charge in [-0.15, -0.1) is 0 Å². The highest BCUT2D eigenvalue weighted by Crippen LogP contribution is 2.16. The van der Waals surface area contributed by atoms with E-state index < -0.39 is 11.9 Å². The number of hydrogen-bond acceptors (Lipinski definition) is 5. The third-order valence-corrected chi connectivity index (χ3v) is 4.18. The van der Waals surface area contributed by atoms with Crippen molar-refractivity contribution in [1.29, 1.82) is 0 Å². The van der Waals surface area contributed by atoms with Crippen LogP contribution in [-0.4, -0.2) is 23.3 Å². The van der Waals surface area contributed by atoms with E-state index >= 15 is 0 Å². The molecular weight excluding hydrogens is 424 g/mol. The highest BCUT2D eigenvalue weighted by molar-refractivity contribution is 9.10. The van der Waals surface area contributed by atoms with Crippen LogP contribution in [0, 0.1) is 0 Å². The van der Waals surface area contributed by atoms with Crippen LogP contribution in [0.4, 0.5) is 5.69 Å². The molecule has 0 saturated carbocycles. The number of hydrogen-bond donors (Lipinski definition) is 2. The highest BCUT2D eigenvalue weighted by atomic mass is 79.9. The molecule has 3 aromatic rings. The van der Waals surface area contributed by atoms with Gasteiger partial charge in [-0.1, -0.05) is 22.0 Å². The van der Waals surface area contributed by atoms with Gasteiger partial charge in [0.05, 0.1) is 23.0 Å². The van der Waals surface area contributed by atoms with Gasteiger partial charge in [-0.05, 0) is 72.3 Å². The number of carboxylic acids is 1. The van der Waals surface area contributed by atoms with E-state index in [0.717, 1.165) is 10.0 Å². The number of nitrogens with zero attached hydrogens (tertiary/aromatic N) is 1. The summed E-state index contributed by atoms with van der Waals surface area (Å²) in [5, 5.41) is 13.0. The number of esters is 1. The first-order valence-electron chi connectivity index (χ1n) is 8.21. The van der Waals surface area contributed by atoms with Gasteiger partial charge in [-0.2, -0.15) is 5.10 Å². The van der Waals surface area contributed by atoms with Gasteiger partial charge in [0.25, 0.3) is 0 Å². The largest absolute Gasteiger partial charge is 0.478 e. The molecule has 0 heterocycles. The van der Waals surface area contributed by atoms with Crippen molar-refractivity contribution in [3.63, 3.8) is 0 Å². The average Bonchev–Trinajstić information content (AvgIpc) is 2.69. The predicted octanol–water partition coefficient (Wildman–Crippen LogP) is 4.81. The quantitative estimate of drug-likeness (QED) is 0.249. The molecule has 0 aliphatic rings. The van der Waals surface area contributed by atoms with Gasteiger partial charge in [-0.25, -0.2) is 9.59 Å². The Balaban J connectivity index is 1.57. The third kappa shape index (κ3) is 5.28. The summed E-state index contributed by atoms with van der Waals surface area (Å²) in [6.45, 7) is 0. The maximum absolute atomic E-state index is 12.1. The molecule has 140 valence electrons. The SMILES string of the molecule is O=C(O)c1ccc(N/N=C\c2ccc(OC(=O)c3cccc(Br)c3)cc2)cc1. The number of halogens is 1. The zero-order chi connectivity index (χ0) is 19.9. The minimum absolute atomic E-state index is 0.211. The molecule has 2 N–H and O–H groups in total. The van der Waals surface area contributed by atoms with Gasteiger partial charge in [0.15, 0.2) is 0 Å². The monoisotopic (exact) mass is 438 g/mol. The molecule has 0 fully saturated rings. The van der Waals surface area contributed by atoms with Crippen LogP contribution in [0.25, 0.3) is 0 Å². The van der Waals surface area contributed by atoms with Gasteiger partial charge in [0.1, 0.15) is 5.75 Å². The van der Waals surface area contributed by atoms with E-state index in [1.165, 1.54) is 12.1 Å². The summed E-state index contributed by atoms with van der Waals surface area (Å²) in [6.07, 6.45) is 1.60. The van der Waals surface area contributed by atoms with Crippen LogP contribution in [0.15, 0.2) is 82.4 Å². The van der Waals surface area contributed by atoms with Gasteiger partial charge in [0.2, 0.25) is 0 Å². The summed E-state index contributed by atoms with van der Waals surface area (Å²) in [5.41, 5.74) is 4.96. The molecule has 0 saturated heterocycles. The van der Waals surface area contributed by atoms with Crippen molar-refractivity contribution < 1.29 is 19.4 Å². The number of ether oxygens (including phenoxy) is 1. The number of anilines is 1. The maximum atomic E-state index is 12.1. The van der Waals surface area contributed by atoms with Crippen molar-refractivity contribution in [1.82, 2.24) is 0 Å². The lowest BCUT2D eigenvalue weighted by atomic mass is 10.2. The summed E-state index contributed by atoms with van der Waals surface area (Å²) >= 11 is 3.32. The standard InChI is InChI=1S/C21H15BrN2O4/c22-17-3-1-2-16(12-17)21(27)28-19-10-4-14(5-11-19)13-23-24-18-8-6-15(7-9-18)20(25)26/h1-13,24H,(H,25,26)/b23-13-. The van der Waals surface area contributed by atoms with Crippen LogP contribution in [0.3, 0.4) is 0 Å². The molecule has 0 unspecified atom stereocenters. The number of carboxylic acid groups (broad SMARTS) is 1. The van der Waals surface area contributed by atoms with E-state index in [0.29, 0.717) is 17.0 Å². The predicted molar refractivity (Wildman–Crippen MR) is 110 cm³/mol. The summed E-state index contributed by atoms with van der Waals surface area (Å²) in [4.78, 5) is 22.9. The molecule has 0 atom stereocenters. The Labute approximate surface area is 169 Å². The van der Waals surface area contributed by atoms with E-state index in [4.69, 9.17) is 9.84 Å². The van der Waals surface area contributed by atoms with Crippen molar-refractivity contribution in [3.05, 3.63) is 94.0 Å². The fourth-order valence-electron chi connectivity index (χ4n) is 2.27. The van der Waals surface area contributed by atoms with Crippen LogP contribution in [0.2, 0.25) is 0 Å². The van der Waals surface area contributed by atoms with Crippen LogP contribution in [0.5, 0.6) is 5.75 Å². The Morgan fingerprint density at radius 3 is 2.32 bits per heavy atom. The number of aromatic carboxylic acids is 1. The normalized spacial score (nSPS) is 10.6. The van der Waals surface area contributed by atoms with Crippen LogP contribution >= 0.6 is 15.9 Å². The molecule has 7 heteroatoms. The third-order valence-electron chi connectivity index (χ3n) is 3.69. The number of benzene rings is 3. The van der Waals surface area contributed by atoms with Crippen molar-refractivity contribution in [2.24, 2.45) is 5.10 Å². The Morgan fingerprint density at radius 1 is 0.964 bits per heavy atom. The van der Waals surface area contributed by atoms with E-state index in [-0.39, 0.29) is 5.56 Å². The lowest BCUT2D eigenvalue weighted by Gasteiger charge is -2.05. The summed E-state index contributed by atoms with van der Waals surface area (Å²) in [7, 11) is 0. The number of carbonyl (C=O) groups excluding carboxylic acids is 1. The molecule has 28 heavy (non-hydrogen) atoms. The molecule has 0 spiro atoms. The smallest absolute Gasteiger partial charge is 0.343 e. The molecule has 3 aromatic carbocycles. The molecule has 0 radical (unpaired) electrons. The van der Waals surface area contributed by atoms with Crippen LogP contribution in [-0.2, 0) is 0 Å². The minimum atomic E-state index is -0.976. The van der Waals surface area contributed by atoms with Gasteiger partial charge in [-0.3, -0.25) is 5.43 Å². The summed E-state index contributed by atoms with van der Waals surface area (Å²) in [6, 6.07) is 20.1. The van der Waals surface area contributed by atoms with Crippen LogP contribution < -0.4 is 10.2 Å². The summed E-state index contributed by atoms with van der Waals surface area (Å²) < 4.78 is 6.15. The van der Waals surface area contributed by atoms with E-state index in [9.17, 15) is 9.59 Å². The molecule has 0 aliphatic carbocycles. The van der Waals surface area contributed by atoms with E-state index in [1.807, 2.05) is 6.07 Å². The van der Waals surface area contributed by atoms with Crippen molar-refractivity contribution >= 4 is 39.8 Å². The molecule has 0 aromatic heterocycles. The van der Waals surface area contributed by atoms with Crippen LogP contribution in [0.1, 0.15) is 26.3 Å². The fraction of sp³-hybridized carbons (Fsp3) is 0. The van der Waals surface area contributed by atoms with Crippen molar-refractivity contribution in [2.75, 3.05) is 5.43 Å². The number of hydrazone groups is 1. The lowest BCUT2D eigenvalue weighted by Crippen LogP contribution is -2.08. The van der Waals surface area contributed by atoms with Crippen molar-refractivity contribution in [3.8, 4) is 5.75 Å². The molecule has 0 bridgehead atoms. The second-order valence-corrected chi connectivity index (χ2v) is 6.64. The Hall–Kier alpha value is -3.45. The van der Waals surface area contributed by atoms with E-state index in [2.05, 4.69) is 26.5 Å². The molecule has 0 amide bonds. The average molecular weight is 439 g/mol. The first kappa shape index (κ1) is 19.3. The second kappa shape index (κ2) is 8.96. The number of nitrogens with one attached hydrogen (secondary N) is 1. The molecular formula is C21H15BrN2O4. The zero-order valence-corrected chi connectivity index (χ0v) is 16.1. The second-order valence-electron chi connectivity index (χ2n) is 5.72. The Kier molecular flexibility index (Phi) is 6.18. The Morgan fingerprint density at radius 2 is 1.68 bits per heavy atom.